The van der Waals surface area contributed by atoms with Crippen LogP contribution in [0.25, 0.3) is 0 Å². The number of thioether (sulfide) groups is 1. The fourth-order valence-electron chi connectivity index (χ4n) is 2.15. The molecule has 0 spiro atoms. The van der Waals surface area contributed by atoms with Crippen LogP contribution in [0.1, 0.15) is 27.7 Å². The molecule has 0 bridgehead atoms. The van der Waals surface area contributed by atoms with Crippen molar-refractivity contribution in [3.05, 3.63) is 10.6 Å². The summed E-state index contributed by atoms with van der Waals surface area (Å²) in [6.45, 7) is 6.56. The first kappa shape index (κ1) is 19.5. The molecule has 0 unspecified atom stereocenters. The van der Waals surface area contributed by atoms with E-state index in [-0.39, 0.29) is 22.3 Å². The van der Waals surface area contributed by atoms with Crippen molar-refractivity contribution in [1.29, 1.82) is 15.8 Å². The van der Waals surface area contributed by atoms with Gasteiger partial charge in [0.2, 0.25) is 11.8 Å². The summed E-state index contributed by atoms with van der Waals surface area (Å²) in [7, 11) is 1.53. The molecule has 126 valence electrons. The van der Waals surface area contributed by atoms with E-state index in [2.05, 4.69) is 5.32 Å². The van der Waals surface area contributed by atoms with E-state index in [1.165, 1.54) is 11.9 Å². The molecule has 7 nitrogen and oxygen atoms in total. The van der Waals surface area contributed by atoms with Gasteiger partial charge in [-0.2, -0.15) is 15.8 Å². The SMILES string of the molecule is CN(C(=O)CSC1=C(C#N)C(C)(C)[C@H](C#N)C(=O)N1)C(C)(C)C#N. The molecule has 2 amide bonds. The molecule has 1 aliphatic heterocycles. The van der Waals surface area contributed by atoms with Gasteiger partial charge in [-0.1, -0.05) is 25.6 Å². The number of hydrogen-bond acceptors (Lipinski definition) is 6. The van der Waals surface area contributed by atoms with Gasteiger partial charge in [-0.3, -0.25) is 9.59 Å². The molecule has 0 radical (unpaired) electrons. The van der Waals surface area contributed by atoms with Crippen molar-refractivity contribution >= 4 is 23.6 Å². The average molecular weight is 345 g/mol. The second-order valence-electron chi connectivity index (χ2n) is 6.50. The van der Waals surface area contributed by atoms with Crippen molar-refractivity contribution < 1.29 is 9.59 Å². The predicted octanol–water partition coefficient (Wildman–Crippen LogP) is 1.51. The molecule has 1 atom stereocenters. The largest absolute Gasteiger partial charge is 0.327 e. The summed E-state index contributed by atoms with van der Waals surface area (Å²) in [5.41, 5.74) is -1.62. The Labute approximate surface area is 145 Å². The molecule has 1 N–H and O–H groups in total. The van der Waals surface area contributed by atoms with Crippen molar-refractivity contribution in [3.63, 3.8) is 0 Å². The number of nitriles is 3. The Kier molecular flexibility index (Phi) is 5.66. The molecule has 0 aromatic heterocycles. The third-order valence-corrected chi connectivity index (χ3v) is 5.15. The Bertz CT molecular complexity index is 718. The lowest BCUT2D eigenvalue weighted by molar-refractivity contribution is -0.130. The first-order valence-corrected chi connectivity index (χ1v) is 8.17. The van der Waals surface area contributed by atoms with Gasteiger partial charge in [0.15, 0.2) is 0 Å². The molecule has 1 rings (SSSR count). The van der Waals surface area contributed by atoms with Crippen molar-refractivity contribution in [2.24, 2.45) is 11.3 Å². The van der Waals surface area contributed by atoms with Crippen LogP contribution in [0, 0.1) is 45.3 Å². The quantitative estimate of drug-likeness (QED) is 0.824. The van der Waals surface area contributed by atoms with Crippen molar-refractivity contribution in [3.8, 4) is 18.2 Å². The molecule has 24 heavy (non-hydrogen) atoms. The molecule has 0 aliphatic carbocycles. The van der Waals surface area contributed by atoms with Gasteiger partial charge in [0, 0.05) is 12.5 Å². The number of nitrogens with one attached hydrogen (secondary N) is 1. The molecule has 0 saturated heterocycles. The maximum absolute atomic E-state index is 12.2. The molecule has 1 aliphatic rings. The van der Waals surface area contributed by atoms with Gasteiger partial charge in [-0.15, -0.1) is 0 Å². The number of nitrogens with zero attached hydrogens (tertiary/aromatic N) is 4. The van der Waals surface area contributed by atoms with Gasteiger partial charge in [0.1, 0.15) is 11.5 Å². The van der Waals surface area contributed by atoms with Crippen molar-refractivity contribution in [1.82, 2.24) is 10.2 Å². The molecule has 0 fully saturated rings. The van der Waals surface area contributed by atoms with Crippen LogP contribution in [0.15, 0.2) is 10.6 Å². The van der Waals surface area contributed by atoms with Gasteiger partial charge in [-0.05, 0) is 13.8 Å². The summed E-state index contributed by atoms with van der Waals surface area (Å²) in [5, 5.41) is 30.5. The Morgan fingerprint density at radius 3 is 2.42 bits per heavy atom. The van der Waals surface area contributed by atoms with E-state index < -0.39 is 22.8 Å². The zero-order valence-corrected chi connectivity index (χ0v) is 15.1. The number of hydrogen-bond donors (Lipinski definition) is 1. The molecule has 1 heterocycles. The minimum Gasteiger partial charge on any atom is -0.327 e. The number of carbonyl (C=O) groups excluding carboxylic acids is 2. The van der Waals surface area contributed by atoms with Gasteiger partial charge < -0.3 is 10.2 Å². The second kappa shape index (κ2) is 6.95. The van der Waals surface area contributed by atoms with Crippen molar-refractivity contribution in [2.45, 2.75) is 33.2 Å². The van der Waals surface area contributed by atoms with Crippen LogP contribution >= 0.6 is 11.8 Å². The minimum atomic E-state index is -0.965. The van der Waals surface area contributed by atoms with Crippen LogP contribution in [0.5, 0.6) is 0 Å². The van der Waals surface area contributed by atoms with Crippen LogP contribution in [0.4, 0.5) is 0 Å². The van der Waals surface area contributed by atoms with E-state index in [0.29, 0.717) is 0 Å². The highest BCUT2D eigenvalue weighted by atomic mass is 32.2. The predicted molar refractivity (Wildman–Crippen MR) is 88.6 cm³/mol. The van der Waals surface area contributed by atoms with Crippen molar-refractivity contribution in [2.75, 3.05) is 12.8 Å². The zero-order chi connectivity index (χ0) is 18.7. The summed E-state index contributed by atoms with van der Waals surface area (Å²) in [4.78, 5) is 25.6. The van der Waals surface area contributed by atoms with E-state index in [0.717, 1.165) is 11.8 Å². The Balaban J connectivity index is 3.03. The van der Waals surface area contributed by atoms with Crippen LogP contribution in [-0.4, -0.2) is 35.1 Å². The number of rotatable bonds is 4. The molecule has 0 aromatic rings. The third kappa shape index (κ3) is 3.53. The molecule has 8 heteroatoms. The lowest BCUT2D eigenvalue weighted by atomic mass is 9.72. The van der Waals surface area contributed by atoms with Crippen LogP contribution in [0.3, 0.4) is 0 Å². The molecule has 0 saturated carbocycles. The van der Waals surface area contributed by atoms with E-state index in [9.17, 15) is 14.9 Å². The summed E-state index contributed by atoms with van der Waals surface area (Å²) in [6.07, 6.45) is 0. The van der Waals surface area contributed by atoms with Gasteiger partial charge in [-0.25, -0.2) is 0 Å². The number of allylic oxidation sites excluding steroid dienone is 1. The maximum atomic E-state index is 12.2. The Hall–Kier alpha value is -2.50. The van der Waals surface area contributed by atoms with E-state index in [1.807, 2.05) is 18.2 Å². The number of amides is 2. The molecular weight excluding hydrogens is 326 g/mol. The standard InChI is InChI=1S/C16H19N5O2S/c1-15(2,9-19)21(5)12(22)8-24-14-11(7-18)16(3,4)10(6-17)13(23)20-14/h10H,8H2,1-5H3,(H,20,23)/t10-/m1/s1. The summed E-state index contributed by atoms with van der Waals surface area (Å²) in [6, 6.07) is 6.00. The second-order valence-corrected chi connectivity index (χ2v) is 7.49. The molecular formula is C16H19N5O2S. The van der Waals surface area contributed by atoms with Gasteiger partial charge >= 0.3 is 0 Å². The topological polar surface area (TPSA) is 121 Å². The zero-order valence-electron chi connectivity index (χ0n) is 14.3. The third-order valence-electron chi connectivity index (χ3n) is 4.16. The minimum absolute atomic E-state index is 0.0320. The van der Waals surface area contributed by atoms with E-state index in [4.69, 9.17) is 10.5 Å². The molecule has 0 aromatic carbocycles. The lowest BCUT2D eigenvalue weighted by Gasteiger charge is -2.35. The summed E-state index contributed by atoms with van der Waals surface area (Å²) >= 11 is 1.03. The van der Waals surface area contributed by atoms with E-state index in [1.54, 1.807) is 27.7 Å². The lowest BCUT2D eigenvalue weighted by Crippen LogP contribution is -2.46. The fraction of sp³-hybridized carbons (Fsp3) is 0.562. The summed E-state index contributed by atoms with van der Waals surface area (Å²) < 4.78 is 0. The smallest absolute Gasteiger partial charge is 0.243 e. The summed E-state index contributed by atoms with van der Waals surface area (Å²) in [5.74, 6) is -1.78. The van der Waals surface area contributed by atoms with E-state index >= 15 is 0 Å². The van der Waals surface area contributed by atoms with Crippen LogP contribution in [-0.2, 0) is 9.59 Å². The first-order chi connectivity index (χ1) is 11.0. The highest BCUT2D eigenvalue weighted by Gasteiger charge is 2.44. The van der Waals surface area contributed by atoms with Gasteiger partial charge in [0.05, 0.1) is 34.6 Å². The Morgan fingerprint density at radius 1 is 1.38 bits per heavy atom. The van der Waals surface area contributed by atoms with Crippen LogP contribution in [0.2, 0.25) is 0 Å². The highest BCUT2D eigenvalue weighted by molar-refractivity contribution is 8.03. The monoisotopic (exact) mass is 345 g/mol. The Morgan fingerprint density at radius 2 is 1.96 bits per heavy atom. The van der Waals surface area contributed by atoms with Crippen LogP contribution < -0.4 is 5.32 Å². The highest BCUT2D eigenvalue weighted by Crippen LogP contribution is 2.41. The van der Waals surface area contributed by atoms with Gasteiger partial charge in [0.25, 0.3) is 0 Å². The number of carbonyl (C=O) groups is 2. The fourth-order valence-corrected chi connectivity index (χ4v) is 3.24. The normalized spacial score (nSPS) is 19.6. The first-order valence-electron chi connectivity index (χ1n) is 7.19. The average Bonchev–Trinajstić information content (AvgIpc) is 2.51. The maximum Gasteiger partial charge on any atom is 0.243 e.